The first-order valence-electron chi connectivity index (χ1n) is 7.68. The lowest BCUT2D eigenvalue weighted by molar-refractivity contribution is -0.435. The molecular formula is C18H22N2O3. The third-order valence-corrected chi connectivity index (χ3v) is 3.57. The van der Waals surface area contributed by atoms with E-state index in [1.54, 1.807) is 43.5 Å². The molecular weight excluding hydrogens is 292 g/mol. The summed E-state index contributed by atoms with van der Waals surface area (Å²) in [6.45, 7) is 4.97. The number of methoxy groups -OCH3 is 1. The summed E-state index contributed by atoms with van der Waals surface area (Å²) in [7, 11) is 1.58. The monoisotopic (exact) mass is 314 g/mol. The van der Waals surface area contributed by atoms with Crippen LogP contribution in [0.25, 0.3) is 0 Å². The van der Waals surface area contributed by atoms with E-state index in [4.69, 9.17) is 9.47 Å². The largest absolute Gasteiger partial charge is 0.594 e. The van der Waals surface area contributed by atoms with Crippen LogP contribution in [0.5, 0.6) is 11.5 Å². The molecule has 0 radical (unpaired) electrons. The van der Waals surface area contributed by atoms with Crippen LogP contribution >= 0.6 is 0 Å². The lowest BCUT2D eigenvalue weighted by Gasteiger charge is -2.10. The van der Waals surface area contributed by atoms with Crippen molar-refractivity contribution in [1.29, 1.82) is 0 Å². The van der Waals surface area contributed by atoms with Crippen molar-refractivity contribution in [2.24, 2.45) is 11.0 Å². The fraction of sp³-hybridized carbons (Fsp3) is 0.333. The highest BCUT2D eigenvalue weighted by Gasteiger charge is 2.05. The average molecular weight is 314 g/mol. The Morgan fingerprint density at radius 1 is 1.04 bits per heavy atom. The van der Waals surface area contributed by atoms with E-state index >= 15 is 0 Å². The Bertz CT molecular complexity index is 636. The van der Waals surface area contributed by atoms with Crippen molar-refractivity contribution in [1.82, 2.24) is 0 Å². The number of hydrogen-bond acceptors (Lipinski definition) is 4. The molecule has 0 saturated carbocycles. The quantitative estimate of drug-likeness (QED) is 0.408. The Balaban J connectivity index is 2.03. The highest BCUT2D eigenvalue weighted by molar-refractivity contribution is 5.41. The molecule has 23 heavy (non-hydrogen) atoms. The fourth-order valence-corrected chi connectivity index (χ4v) is 1.84. The van der Waals surface area contributed by atoms with Crippen molar-refractivity contribution in [2.45, 2.75) is 20.3 Å². The average Bonchev–Trinajstić information content (AvgIpc) is 2.60. The maximum Gasteiger partial charge on any atom is 0.245 e. The summed E-state index contributed by atoms with van der Waals surface area (Å²) in [5, 5.41) is 16.0. The summed E-state index contributed by atoms with van der Waals surface area (Å²) in [5.41, 5.74) is 1.02. The van der Waals surface area contributed by atoms with E-state index in [2.05, 4.69) is 19.0 Å². The van der Waals surface area contributed by atoms with E-state index in [-0.39, 0.29) is 0 Å². The zero-order chi connectivity index (χ0) is 16.7. The van der Waals surface area contributed by atoms with E-state index in [1.165, 1.54) is 0 Å². The number of ether oxygens (including phenoxy) is 2. The standard InChI is InChI=1S/C18H22N2O3/c1-4-14(2)13-23-18-9-5-15(6-10-18)19-20(21)16-7-11-17(22-3)12-8-16/h5-12,14H,4,13H2,1-3H3. The Morgan fingerprint density at radius 2 is 1.65 bits per heavy atom. The van der Waals surface area contributed by atoms with Gasteiger partial charge < -0.3 is 14.7 Å². The molecule has 0 aliphatic carbocycles. The molecule has 0 fully saturated rings. The van der Waals surface area contributed by atoms with Gasteiger partial charge >= 0.3 is 0 Å². The lowest BCUT2D eigenvalue weighted by Crippen LogP contribution is -2.06. The molecule has 2 aromatic rings. The van der Waals surface area contributed by atoms with Crippen LogP contribution < -0.4 is 9.47 Å². The summed E-state index contributed by atoms with van der Waals surface area (Å²) in [4.78, 5) is 0.592. The van der Waals surface area contributed by atoms with Crippen molar-refractivity contribution in [3.8, 4) is 11.5 Å². The number of nitrogens with zero attached hydrogens (tertiary/aromatic N) is 2. The van der Waals surface area contributed by atoms with Crippen molar-refractivity contribution < 1.29 is 14.3 Å². The molecule has 0 spiro atoms. The van der Waals surface area contributed by atoms with Gasteiger partial charge in [-0.05, 0) is 42.3 Å². The van der Waals surface area contributed by atoms with E-state index < -0.39 is 0 Å². The van der Waals surface area contributed by atoms with Gasteiger partial charge in [-0.25, -0.2) is 0 Å². The third-order valence-electron chi connectivity index (χ3n) is 3.57. The third kappa shape index (κ3) is 4.98. The van der Waals surface area contributed by atoms with E-state index in [0.717, 1.165) is 12.2 Å². The van der Waals surface area contributed by atoms with Gasteiger partial charge in [-0.2, -0.15) is 0 Å². The van der Waals surface area contributed by atoms with Crippen LogP contribution in [-0.2, 0) is 0 Å². The molecule has 2 aromatic carbocycles. The van der Waals surface area contributed by atoms with Crippen LogP contribution in [0.3, 0.4) is 0 Å². The molecule has 0 aromatic heterocycles. The van der Waals surface area contributed by atoms with Crippen molar-refractivity contribution in [3.63, 3.8) is 0 Å². The normalized spacial score (nSPS) is 12.7. The first-order valence-corrected chi connectivity index (χ1v) is 7.68. The van der Waals surface area contributed by atoms with Crippen molar-refractivity contribution in [2.75, 3.05) is 13.7 Å². The van der Waals surface area contributed by atoms with Crippen molar-refractivity contribution in [3.05, 3.63) is 53.7 Å². The molecule has 2 rings (SSSR count). The first kappa shape index (κ1) is 16.8. The van der Waals surface area contributed by atoms with Crippen LogP contribution in [0.1, 0.15) is 20.3 Å². The minimum Gasteiger partial charge on any atom is -0.594 e. The highest BCUT2D eigenvalue weighted by Crippen LogP contribution is 2.22. The second kappa shape index (κ2) is 8.17. The van der Waals surface area contributed by atoms with Gasteiger partial charge in [0.1, 0.15) is 17.2 Å². The fourth-order valence-electron chi connectivity index (χ4n) is 1.84. The van der Waals surface area contributed by atoms with Gasteiger partial charge in [0.05, 0.1) is 13.7 Å². The molecule has 0 saturated heterocycles. The molecule has 1 atom stereocenters. The Morgan fingerprint density at radius 3 is 2.22 bits per heavy atom. The van der Waals surface area contributed by atoms with Crippen LogP contribution in [-0.4, -0.2) is 18.6 Å². The molecule has 122 valence electrons. The molecule has 0 N–H and O–H groups in total. The Labute approximate surface area is 136 Å². The Kier molecular flexibility index (Phi) is 5.97. The summed E-state index contributed by atoms with van der Waals surface area (Å²) < 4.78 is 10.7. The zero-order valence-corrected chi connectivity index (χ0v) is 13.7. The highest BCUT2D eigenvalue weighted by atomic mass is 16.5. The van der Waals surface area contributed by atoms with E-state index in [9.17, 15) is 5.21 Å². The van der Waals surface area contributed by atoms with E-state index in [1.807, 2.05) is 12.1 Å². The zero-order valence-electron chi connectivity index (χ0n) is 13.7. The van der Waals surface area contributed by atoms with Gasteiger partial charge in [-0.3, -0.25) is 0 Å². The topological polar surface area (TPSA) is 56.9 Å². The molecule has 0 heterocycles. The van der Waals surface area contributed by atoms with Gasteiger partial charge in [-0.15, -0.1) is 0 Å². The van der Waals surface area contributed by atoms with Gasteiger partial charge in [-0.1, -0.05) is 25.1 Å². The second-order valence-corrected chi connectivity index (χ2v) is 5.39. The minimum absolute atomic E-state index is 0.447. The molecule has 5 nitrogen and oxygen atoms in total. The van der Waals surface area contributed by atoms with Gasteiger partial charge in [0.2, 0.25) is 5.69 Å². The minimum atomic E-state index is 0.447. The van der Waals surface area contributed by atoms with Crippen LogP contribution in [0.15, 0.2) is 53.6 Å². The number of hydrogen-bond donors (Lipinski definition) is 0. The van der Waals surface area contributed by atoms with Crippen LogP contribution in [0, 0.1) is 11.1 Å². The van der Waals surface area contributed by atoms with Gasteiger partial charge in [0.25, 0.3) is 0 Å². The number of rotatable bonds is 7. The van der Waals surface area contributed by atoms with Gasteiger partial charge in [0.15, 0.2) is 0 Å². The summed E-state index contributed by atoms with van der Waals surface area (Å²) in [6.07, 6.45) is 1.08. The van der Waals surface area contributed by atoms with Crippen LogP contribution in [0.2, 0.25) is 0 Å². The molecule has 1 unspecified atom stereocenters. The SMILES string of the molecule is CCC(C)COc1ccc(N=[N+]([O-])c2ccc(OC)cc2)cc1. The maximum atomic E-state index is 12.0. The predicted molar refractivity (Wildman–Crippen MR) is 89.8 cm³/mol. The smallest absolute Gasteiger partial charge is 0.245 e. The molecule has 0 bridgehead atoms. The first-order chi connectivity index (χ1) is 11.1. The predicted octanol–water partition coefficient (Wildman–Crippen LogP) is 5.05. The van der Waals surface area contributed by atoms with Crippen LogP contribution in [0.4, 0.5) is 11.4 Å². The Hall–Kier alpha value is -2.56. The number of benzene rings is 2. The summed E-state index contributed by atoms with van der Waals surface area (Å²) in [6, 6.07) is 14.0. The lowest BCUT2D eigenvalue weighted by atomic mass is 10.1. The maximum absolute atomic E-state index is 12.0. The summed E-state index contributed by atoms with van der Waals surface area (Å²) in [5.74, 6) is 2.00. The van der Waals surface area contributed by atoms with Crippen molar-refractivity contribution >= 4 is 11.4 Å². The second-order valence-electron chi connectivity index (χ2n) is 5.39. The molecule has 5 heteroatoms. The number of azo groups is 1. The van der Waals surface area contributed by atoms with E-state index in [0.29, 0.717) is 34.5 Å². The molecule has 0 amide bonds. The molecule has 0 aliphatic heterocycles. The summed E-state index contributed by atoms with van der Waals surface area (Å²) >= 11 is 0. The molecule has 0 aliphatic rings. The van der Waals surface area contributed by atoms with Gasteiger partial charge in [0, 0.05) is 17.2 Å².